The fourth-order valence-electron chi connectivity index (χ4n) is 3.51. The predicted octanol–water partition coefficient (Wildman–Crippen LogP) is 3.74. The van der Waals surface area contributed by atoms with Crippen molar-refractivity contribution in [3.05, 3.63) is 71.4 Å². The second-order valence-corrected chi connectivity index (χ2v) is 7.87. The lowest BCUT2D eigenvalue weighted by Crippen LogP contribution is -2.36. The van der Waals surface area contributed by atoms with Crippen molar-refractivity contribution in [2.75, 3.05) is 40.5 Å². The van der Waals surface area contributed by atoms with Crippen molar-refractivity contribution in [2.24, 2.45) is 0 Å². The Labute approximate surface area is 190 Å². The van der Waals surface area contributed by atoms with Crippen molar-refractivity contribution in [3.8, 4) is 17.3 Å². The Balaban J connectivity index is 1.97. The van der Waals surface area contributed by atoms with Crippen LogP contribution in [0, 0.1) is 13.8 Å². The topological polar surface area (TPSA) is 69.0 Å². The van der Waals surface area contributed by atoms with Gasteiger partial charge in [-0.25, -0.2) is 4.68 Å². The van der Waals surface area contributed by atoms with Gasteiger partial charge in [-0.2, -0.15) is 5.10 Å². The minimum atomic E-state index is -0.595. The lowest BCUT2D eigenvalue weighted by atomic mass is 10.2. The minimum absolute atomic E-state index is 0.276. The molecular formula is C25H33N3O4. The largest absolute Gasteiger partial charge is 0.439 e. The van der Waals surface area contributed by atoms with E-state index in [0.29, 0.717) is 32.1 Å². The fraction of sp³-hybridized carbons (Fsp3) is 0.400. The molecule has 0 spiro atoms. The number of aliphatic hydroxyl groups excluding tert-OH is 1. The Kier molecular flexibility index (Phi) is 8.81. The van der Waals surface area contributed by atoms with Crippen molar-refractivity contribution < 1.29 is 19.3 Å². The molecule has 1 N–H and O–H groups in total. The molecule has 1 aromatic heterocycles. The number of aryl methyl sites for hydroxylation is 2. The van der Waals surface area contributed by atoms with Crippen LogP contribution in [0.5, 0.6) is 11.6 Å². The Bertz CT molecular complexity index is 957. The second-order valence-electron chi connectivity index (χ2n) is 7.87. The molecule has 32 heavy (non-hydrogen) atoms. The van der Waals surface area contributed by atoms with Gasteiger partial charge in [0.2, 0.25) is 5.88 Å². The van der Waals surface area contributed by atoms with E-state index in [1.807, 2.05) is 73.1 Å². The SMILES string of the molecule is COCCN(Cc1c(C)nn(-c2ccccc2)c1Oc1ccc(C)cc1)C[C@@H](O)COC. The van der Waals surface area contributed by atoms with Gasteiger partial charge in [0.15, 0.2) is 0 Å². The van der Waals surface area contributed by atoms with Crippen molar-refractivity contribution in [2.45, 2.75) is 26.5 Å². The van der Waals surface area contributed by atoms with Crippen LogP contribution in [0.4, 0.5) is 0 Å². The number of ether oxygens (including phenoxy) is 3. The van der Waals surface area contributed by atoms with Crippen LogP contribution in [-0.4, -0.2) is 66.4 Å². The molecule has 0 saturated heterocycles. The molecule has 172 valence electrons. The van der Waals surface area contributed by atoms with Gasteiger partial charge in [-0.15, -0.1) is 0 Å². The van der Waals surface area contributed by atoms with Crippen LogP contribution in [0.25, 0.3) is 5.69 Å². The first kappa shape index (κ1) is 23.9. The minimum Gasteiger partial charge on any atom is -0.439 e. The van der Waals surface area contributed by atoms with Gasteiger partial charge in [0, 0.05) is 33.9 Å². The van der Waals surface area contributed by atoms with Gasteiger partial charge in [0.05, 0.1) is 36.3 Å². The third-order valence-corrected chi connectivity index (χ3v) is 5.19. The first-order valence-corrected chi connectivity index (χ1v) is 10.8. The van der Waals surface area contributed by atoms with Gasteiger partial charge < -0.3 is 19.3 Å². The highest BCUT2D eigenvalue weighted by molar-refractivity contribution is 5.43. The zero-order chi connectivity index (χ0) is 22.9. The molecule has 2 aromatic carbocycles. The maximum Gasteiger partial charge on any atom is 0.227 e. The fourth-order valence-corrected chi connectivity index (χ4v) is 3.51. The van der Waals surface area contributed by atoms with E-state index in [1.165, 1.54) is 5.56 Å². The Morgan fingerprint density at radius 2 is 1.72 bits per heavy atom. The molecule has 3 rings (SSSR count). The van der Waals surface area contributed by atoms with Gasteiger partial charge in [0.1, 0.15) is 5.75 Å². The predicted molar refractivity (Wildman–Crippen MR) is 125 cm³/mol. The summed E-state index contributed by atoms with van der Waals surface area (Å²) >= 11 is 0. The number of hydrogen-bond acceptors (Lipinski definition) is 6. The molecule has 1 heterocycles. The number of aliphatic hydroxyl groups is 1. The number of methoxy groups -OCH3 is 2. The molecule has 0 fully saturated rings. The number of benzene rings is 2. The summed E-state index contributed by atoms with van der Waals surface area (Å²) in [4.78, 5) is 2.13. The molecule has 0 unspecified atom stereocenters. The zero-order valence-electron chi connectivity index (χ0n) is 19.3. The van der Waals surface area contributed by atoms with Crippen molar-refractivity contribution in [1.82, 2.24) is 14.7 Å². The maximum atomic E-state index is 10.3. The summed E-state index contributed by atoms with van der Waals surface area (Å²) in [6.45, 7) is 6.54. The smallest absolute Gasteiger partial charge is 0.227 e. The van der Waals surface area contributed by atoms with Crippen molar-refractivity contribution in [3.63, 3.8) is 0 Å². The molecule has 3 aromatic rings. The molecule has 7 nitrogen and oxygen atoms in total. The summed E-state index contributed by atoms with van der Waals surface area (Å²) in [7, 11) is 3.26. The van der Waals surface area contributed by atoms with Crippen molar-refractivity contribution in [1.29, 1.82) is 0 Å². The van der Waals surface area contributed by atoms with E-state index in [4.69, 9.17) is 19.3 Å². The average molecular weight is 440 g/mol. The van der Waals surface area contributed by atoms with E-state index < -0.39 is 6.10 Å². The standard InChI is InChI=1S/C25H33N3O4/c1-19-10-12-23(13-11-19)32-25-24(17-27(14-15-30-3)16-22(29)18-31-4)20(2)26-28(25)21-8-6-5-7-9-21/h5-13,22,29H,14-18H2,1-4H3/t22-/m1/s1. The molecule has 0 aliphatic heterocycles. The Morgan fingerprint density at radius 1 is 1.00 bits per heavy atom. The lowest BCUT2D eigenvalue weighted by molar-refractivity contribution is 0.0291. The van der Waals surface area contributed by atoms with Gasteiger partial charge in [-0.3, -0.25) is 4.90 Å². The van der Waals surface area contributed by atoms with E-state index >= 15 is 0 Å². The van der Waals surface area contributed by atoms with E-state index in [9.17, 15) is 5.11 Å². The summed E-state index contributed by atoms with van der Waals surface area (Å²) in [5.41, 5.74) is 3.93. The molecule has 0 aliphatic rings. The highest BCUT2D eigenvalue weighted by Crippen LogP contribution is 2.31. The first-order valence-electron chi connectivity index (χ1n) is 10.8. The third kappa shape index (κ3) is 6.40. The number of aromatic nitrogens is 2. The first-order chi connectivity index (χ1) is 15.5. The van der Waals surface area contributed by atoms with Crippen LogP contribution in [0.3, 0.4) is 0 Å². The normalized spacial score (nSPS) is 12.3. The van der Waals surface area contributed by atoms with E-state index in [1.54, 1.807) is 14.2 Å². The van der Waals surface area contributed by atoms with Gasteiger partial charge in [-0.1, -0.05) is 35.9 Å². The highest BCUT2D eigenvalue weighted by atomic mass is 16.5. The van der Waals surface area contributed by atoms with Crippen LogP contribution in [0.1, 0.15) is 16.8 Å². The third-order valence-electron chi connectivity index (χ3n) is 5.19. The van der Waals surface area contributed by atoms with Gasteiger partial charge in [-0.05, 0) is 38.1 Å². The number of hydrogen-bond donors (Lipinski definition) is 1. The van der Waals surface area contributed by atoms with E-state index in [2.05, 4.69) is 4.90 Å². The van der Waals surface area contributed by atoms with Crippen LogP contribution in [0.15, 0.2) is 54.6 Å². The van der Waals surface area contributed by atoms with Crippen LogP contribution < -0.4 is 4.74 Å². The highest BCUT2D eigenvalue weighted by Gasteiger charge is 2.22. The van der Waals surface area contributed by atoms with Crippen molar-refractivity contribution >= 4 is 0 Å². The summed E-state index contributed by atoms with van der Waals surface area (Å²) in [6, 6.07) is 17.9. The average Bonchev–Trinajstić information content (AvgIpc) is 3.09. The van der Waals surface area contributed by atoms with Crippen LogP contribution in [0.2, 0.25) is 0 Å². The Hall–Kier alpha value is -2.71. The Morgan fingerprint density at radius 3 is 2.38 bits per heavy atom. The summed E-state index contributed by atoms with van der Waals surface area (Å²) in [6.07, 6.45) is -0.595. The summed E-state index contributed by atoms with van der Waals surface area (Å²) in [5, 5.41) is 15.1. The van der Waals surface area contributed by atoms with Gasteiger partial charge in [0.25, 0.3) is 0 Å². The summed E-state index contributed by atoms with van der Waals surface area (Å²) < 4.78 is 18.6. The quantitative estimate of drug-likeness (QED) is 0.464. The van der Waals surface area contributed by atoms with Crippen LogP contribution >= 0.6 is 0 Å². The molecular weight excluding hydrogens is 406 g/mol. The molecule has 0 radical (unpaired) electrons. The monoisotopic (exact) mass is 439 g/mol. The number of nitrogens with zero attached hydrogens (tertiary/aromatic N) is 3. The van der Waals surface area contributed by atoms with Gasteiger partial charge >= 0.3 is 0 Å². The lowest BCUT2D eigenvalue weighted by Gasteiger charge is -2.25. The molecule has 7 heteroatoms. The second kappa shape index (κ2) is 11.8. The van der Waals surface area contributed by atoms with E-state index in [-0.39, 0.29) is 6.61 Å². The molecule has 0 saturated carbocycles. The zero-order valence-corrected chi connectivity index (χ0v) is 19.3. The number of para-hydroxylation sites is 1. The molecule has 0 aliphatic carbocycles. The molecule has 0 amide bonds. The van der Waals surface area contributed by atoms with Crippen LogP contribution in [-0.2, 0) is 16.0 Å². The maximum absolute atomic E-state index is 10.3. The molecule has 0 bridgehead atoms. The molecule has 1 atom stereocenters. The number of rotatable bonds is 12. The van der Waals surface area contributed by atoms with E-state index in [0.717, 1.165) is 22.7 Å². The summed E-state index contributed by atoms with van der Waals surface area (Å²) in [5.74, 6) is 1.41.